The standard InChI is InChI=1S/C13H23NO5/c1-5-13(10(16)17)8-14(7-6-9(13)15)11(18)19-12(2,3)4/h9,15H,5-8H2,1-4H3,(H,16,17)/t9-,13+/m1/s1. The van der Waals surface area contributed by atoms with Crippen molar-refractivity contribution in [1.82, 2.24) is 4.90 Å². The summed E-state index contributed by atoms with van der Waals surface area (Å²) >= 11 is 0. The first-order chi connectivity index (χ1) is 8.62. The monoisotopic (exact) mass is 273 g/mol. The van der Waals surface area contributed by atoms with Crippen LogP contribution in [0.25, 0.3) is 0 Å². The van der Waals surface area contributed by atoms with Crippen LogP contribution in [-0.2, 0) is 9.53 Å². The maximum Gasteiger partial charge on any atom is 0.410 e. The second-order valence-corrected chi connectivity index (χ2v) is 6.02. The Morgan fingerprint density at radius 1 is 1.42 bits per heavy atom. The number of carbonyl (C=O) groups excluding carboxylic acids is 1. The van der Waals surface area contributed by atoms with Crippen LogP contribution >= 0.6 is 0 Å². The van der Waals surface area contributed by atoms with Crippen LogP contribution in [0.3, 0.4) is 0 Å². The van der Waals surface area contributed by atoms with E-state index in [1.807, 2.05) is 0 Å². The van der Waals surface area contributed by atoms with Gasteiger partial charge >= 0.3 is 12.1 Å². The minimum absolute atomic E-state index is 0.0189. The highest BCUT2D eigenvalue weighted by Gasteiger charge is 2.49. The lowest BCUT2D eigenvalue weighted by Gasteiger charge is -2.42. The molecule has 0 radical (unpaired) electrons. The number of hydrogen-bond donors (Lipinski definition) is 2. The number of piperidine rings is 1. The molecular weight excluding hydrogens is 250 g/mol. The van der Waals surface area contributed by atoms with Gasteiger partial charge in [-0.25, -0.2) is 4.79 Å². The van der Waals surface area contributed by atoms with Crippen LogP contribution in [-0.4, -0.2) is 52.0 Å². The van der Waals surface area contributed by atoms with Gasteiger partial charge in [0.05, 0.1) is 6.10 Å². The largest absolute Gasteiger partial charge is 0.481 e. The van der Waals surface area contributed by atoms with E-state index in [0.717, 1.165) is 0 Å². The highest BCUT2D eigenvalue weighted by Crippen LogP contribution is 2.34. The molecule has 1 saturated heterocycles. The number of amides is 1. The normalized spacial score (nSPS) is 28.1. The first-order valence-electron chi connectivity index (χ1n) is 6.52. The molecule has 6 nitrogen and oxygen atoms in total. The van der Waals surface area contributed by atoms with Crippen LogP contribution in [0, 0.1) is 5.41 Å². The topological polar surface area (TPSA) is 87.1 Å². The molecule has 1 rings (SSSR count). The number of aliphatic hydroxyl groups is 1. The van der Waals surface area contributed by atoms with Crippen LogP contribution in [0.1, 0.15) is 40.5 Å². The number of hydrogen-bond acceptors (Lipinski definition) is 4. The van der Waals surface area contributed by atoms with Crippen LogP contribution < -0.4 is 0 Å². The van der Waals surface area contributed by atoms with Crippen molar-refractivity contribution in [2.24, 2.45) is 5.41 Å². The van der Waals surface area contributed by atoms with Crippen LogP contribution in [0.5, 0.6) is 0 Å². The average Bonchev–Trinajstić information content (AvgIpc) is 2.27. The molecule has 1 aliphatic rings. The fourth-order valence-corrected chi connectivity index (χ4v) is 2.27. The summed E-state index contributed by atoms with van der Waals surface area (Å²) in [6.07, 6.45) is -0.950. The smallest absolute Gasteiger partial charge is 0.410 e. The Labute approximate surface area is 113 Å². The van der Waals surface area contributed by atoms with Crippen molar-refractivity contribution in [3.63, 3.8) is 0 Å². The van der Waals surface area contributed by atoms with Crippen molar-refractivity contribution in [3.8, 4) is 0 Å². The second kappa shape index (κ2) is 5.36. The zero-order valence-electron chi connectivity index (χ0n) is 12.0. The Morgan fingerprint density at radius 3 is 2.42 bits per heavy atom. The van der Waals surface area contributed by atoms with Crippen molar-refractivity contribution in [2.45, 2.75) is 52.2 Å². The molecule has 0 aromatic rings. The molecular formula is C13H23NO5. The molecule has 0 aromatic carbocycles. The quantitative estimate of drug-likeness (QED) is 0.795. The summed E-state index contributed by atoms with van der Waals surface area (Å²) in [6, 6.07) is 0. The van der Waals surface area contributed by atoms with E-state index < -0.39 is 29.2 Å². The number of rotatable bonds is 2. The number of carbonyl (C=O) groups is 2. The third-order valence-electron chi connectivity index (χ3n) is 3.49. The van der Waals surface area contributed by atoms with Gasteiger partial charge in [0.25, 0.3) is 0 Å². The third kappa shape index (κ3) is 3.37. The predicted molar refractivity (Wildman–Crippen MR) is 68.8 cm³/mol. The Hall–Kier alpha value is -1.30. The van der Waals surface area contributed by atoms with Crippen LogP contribution in [0.4, 0.5) is 4.79 Å². The van der Waals surface area contributed by atoms with Crippen molar-refractivity contribution in [2.75, 3.05) is 13.1 Å². The lowest BCUT2D eigenvalue weighted by Crippen LogP contribution is -2.57. The van der Waals surface area contributed by atoms with Gasteiger partial charge in [0.2, 0.25) is 0 Å². The summed E-state index contributed by atoms with van der Waals surface area (Å²) < 4.78 is 5.24. The molecule has 1 amide bonds. The number of aliphatic carboxylic acids is 1. The molecule has 1 fully saturated rings. The zero-order chi connectivity index (χ0) is 14.8. The van der Waals surface area contributed by atoms with E-state index in [2.05, 4.69) is 0 Å². The van der Waals surface area contributed by atoms with Crippen LogP contribution in [0.2, 0.25) is 0 Å². The summed E-state index contributed by atoms with van der Waals surface area (Å²) in [5.74, 6) is -1.07. The van der Waals surface area contributed by atoms with E-state index in [1.54, 1.807) is 27.7 Å². The first kappa shape index (κ1) is 15.8. The van der Waals surface area contributed by atoms with Crippen molar-refractivity contribution < 1.29 is 24.5 Å². The highest BCUT2D eigenvalue weighted by atomic mass is 16.6. The number of aliphatic hydroxyl groups excluding tert-OH is 1. The van der Waals surface area contributed by atoms with Gasteiger partial charge in [-0.2, -0.15) is 0 Å². The molecule has 2 atom stereocenters. The zero-order valence-corrected chi connectivity index (χ0v) is 12.0. The Morgan fingerprint density at radius 2 is 2.00 bits per heavy atom. The molecule has 1 heterocycles. The molecule has 0 bridgehead atoms. The van der Waals surface area contributed by atoms with E-state index in [1.165, 1.54) is 4.90 Å². The molecule has 0 spiro atoms. The highest BCUT2D eigenvalue weighted by molar-refractivity contribution is 5.77. The molecule has 110 valence electrons. The van der Waals surface area contributed by atoms with Gasteiger partial charge in [-0.3, -0.25) is 4.79 Å². The van der Waals surface area contributed by atoms with Gasteiger partial charge in [0.15, 0.2) is 0 Å². The predicted octanol–water partition coefficient (Wildman–Crippen LogP) is 1.47. The summed E-state index contributed by atoms with van der Waals surface area (Å²) in [6.45, 7) is 7.27. The molecule has 19 heavy (non-hydrogen) atoms. The first-order valence-corrected chi connectivity index (χ1v) is 6.52. The Bertz CT molecular complexity index is 363. The molecule has 6 heteroatoms. The second-order valence-electron chi connectivity index (χ2n) is 6.02. The maximum absolute atomic E-state index is 12.0. The summed E-state index contributed by atoms with van der Waals surface area (Å²) in [4.78, 5) is 24.8. The molecule has 0 aromatic heterocycles. The number of likely N-dealkylation sites (tertiary alicyclic amines) is 1. The summed E-state index contributed by atoms with van der Waals surface area (Å²) in [7, 11) is 0. The third-order valence-corrected chi connectivity index (χ3v) is 3.49. The van der Waals surface area contributed by atoms with Crippen molar-refractivity contribution in [1.29, 1.82) is 0 Å². The Kier molecular flexibility index (Phi) is 4.45. The molecule has 0 aliphatic carbocycles. The fraction of sp³-hybridized carbons (Fsp3) is 0.846. The van der Waals surface area contributed by atoms with E-state index in [-0.39, 0.29) is 19.4 Å². The molecule has 1 aliphatic heterocycles. The van der Waals surface area contributed by atoms with Crippen LogP contribution in [0.15, 0.2) is 0 Å². The molecule has 2 N–H and O–H groups in total. The van der Waals surface area contributed by atoms with E-state index >= 15 is 0 Å². The summed E-state index contributed by atoms with van der Waals surface area (Å²) in [5.41, 5.74) is -1.92. The number of carboxylic acid groups (broad SMARTS) is 1. The van der Waals surface area contributed by atoms with E-state index in [9.17, 15) is 19.8 Å². The van der Waals surface area contributed by atoms with Gasteiger partial charge in [0, 0.05) is 13.1 Å². The van der Waals surface area contributed by atoms with E-state index in [0.29, 0.717) is 6.54 Å². The molecule has 0 unspecified atom stereocenters. The van der Waals surface area contributed by atoms with E-state index in [4.69, 9.17) is 4.74 Å². The lowest BCUT2D eigenvalue weighted by molar-refractivity contribution is -0.163. The van der Waals surface area contributed by atoms with Gasteiger partial charge < -0.3 is 19.8 Å². The number of nitrogens with zero attached hydrogens (tertiary/aromatic N) is 1. The van der Waals surface area contributed by atoms with Gasteiger partial charge in [-0.1, -0.05) is 6.92 Å². The minimum atomic E-state index is -1.30. The van der Waals surface area contributed by atoms with Gasteiger partial charge in [-0.05, 0) is 33.6 Å². The average molecular weight is 273 g/mol. The van der Waals surface area contributed by atoms with Gasteiger partial charge in [0.1, 0.15) is 11.0 Å². The maximum atomic E-state index is 12.0. The number of ether oxygens (including phenoxy) is 1. The van der Waals surface area contributed by atoms with Crippen molar-refractivity contribution >= 4 is 12.1 Å². The lowest BCUT2D eigenvalue weighted by atomic mass is 9.75. The summed E-state index contributed by atoms with van der Waals surface area (Å²) in [5, 5.41) is 19.3. The minimum Gasteiger partial charge on any atom is -0.481 e. The van der Waals surface area contributed by atoms with Crippen molar-refractivity contribution in [3.05, 3.63) is 0 Å². The fourth-order valence-electron chi connectivity index (χ4n) is 2.27. The Balaban J connectivity index is 2.85. The number of carboxylic acids is 1. The SMILES string of the molecule is CC[C@]1(C(=O)O)CN(C(=O)OC(C)(C)C)CC[C@H]1O. The van der Waals surface area contributed by atoms with Gasteiger partial charge in [-0.15, -0.1) is 0 Å². The molecule has 0 saturated carbocycles.